The second kappa shape index (κ2) is 6.80. The zero-order valence-electron chi connectivity index (χ0n) is 14.7. The second-order valence-corrected chi connectivity index (χ2v) is 10.1. The van der Waals surface area contributed by atoms with E-state index in [0.717, 1.165) is 34.6 Å². The van der Waals surface area contributed by atoms with Gasteiger partial charge >= 0.3 is 0 Å². The van der Waals surface area contributed by atoms with Crippen molar-refractivity contribution in [2.75, 3.05) is 18.8 Å². The Bertz CT molecular complexity index is 990. The van der Waals surface area contributed by atoms with Crippen molar-refractivity contribution in [1.82, 2.24) is 19.8 Å². The van der Waals surface area contributed by atoms with Gasteiger partial charge in [0.2, 0.25) is 0 Å². The fourth-order valence-electron chi connectivity index (χ4n) is 2.85. The molecule has 136 valence electrons. The number of nitrogen functional groups attached to an aromatic ring is 1. The van der Waals surface area contributed by atoms with Crippen molar-refractivity contribution in [2.24, 2.45) is 0 Å². The monoisotopic (exact) mass is 405 g/mol. The SMILES string of the molecule is Cc1ccc(SN2CC(NC(=O)c3sc4nnc(C)c(C)c4c3N)C2)s1. The highest BCUT2D eigenvalue weighted by Crippen LogP contribution is 2.36. The molecule has 1 aliphatic heterocycles. The lowest BCUT2D eigenvalue weighted by molar-refractivity contribution is 0.0906. The predicted molar refractivity (Wildman–Crippen MR) is 109 cm³/mol. The fourth-order valence-corrected chi connectivity index (χ4v) is 6.20. The predicted octanol–water partition coefficient (Wildman–Crippen LogP) is 3.38. The fraction of sp³-hybridized carbons (Fsp3) is 0.353. The molecule has 4 heterocycles. The number of aryl methyl sites for hydroxylation is 3. The number of nitrogens with one attached hydrogen (secondary N) is 1. The van der Waals surface area contributed by atoms with Crippen molar-refractivity contribution in [3.63, 3.8) is 0 Å². The molecule has 3 aromatic heterocycles. The largest absolute Gasteiger partial charge is 0.397 e. The van der Waals surface area contributed by atoms with Gasteiger partial charge in [0.1, 0.15) is 9.71 Å². The van der Waals surface area contributed by atoms with Gasteiger partial charge in [0.25, 0.3) is 5.91 Å². The third-order valence-electron chi connectivity index (χ3n) is 4.46. The molecule has 0 aromatic carbocycles. The van der Waals surface area contributed by atoms with Gasteiger partial charge in [-0.15, -0.1) is 27.8 Å². The summed E-state index contributed by atoms with van der Waals surface area (Å²) in [7, 11) is 0. The lowest BCUT2D eigenvalue weighted by Gasteiger charge is -2.37. The third kappa shape index (κ3) is 3.20. The average Bonchev–Trinajstić information content (AvgIpc) is 3.12. The summed E-state index contributed by atoms with van der Waals surface area (Å²) in [4.78, 5) is 15.2. The molecule has 1 fully saturated rings. The second-order valence-electron chi connectivity index (χ2n) is 6.41. The van der Waals surface area contributed by atoms with E-state index in [-0.39, 0.29) is 11.9 Å². The number of hydrogen-bond donors (Lipinski definition) is 2. The number of nitrogens with zero attached hydrogens (tertiary/aromatic N) is 3. The molecule has 1 saturated heterocycles. The number of amides is 1. The van der Waals surface area contributed by atoms with Gasteiger partial charge in [-0.2, -0.15) is 5.10 Å². The number of hydrogen-bond acceptors (Lipinski definition) is 8. The van der Waals surface area contributed by atoms with Gasteiger partial charge in [-0.25, -0.2) is 4.31 Å². The maximum absolute atomic E-state index is 12.7. The van der Waals surface area contributed by atoms with E-state index >= 15 is 0 Å². The number of aromatic nitrogens is 2. The van der Waals surface area contributed by atoms with Gasteiger partial charge in [-0.05, 0) is 50.4 Å². The molecule has 4 rings (SSSR count). The van der Waals surface area contributed by atoms with E-state index in [0.29, 0.717) is 10.6 Å². The number of fused-ring (bicyclic) bond motifs is 1. The Morgan fingerprint density at radius 3 is 2.73 bits per heavy atom. The van der Waals surface area contributed by atoms with Gasteiger partial charge in [0.05, 0.1) is 21.6 Å². The molecule has 3 N–H and O–H groups in total. The normalized spacial score (nSPS) is 15.3. The maximum atomic E-state index is 12.7. The Kier molecular flexibility index (Phi) is 4.64. The summed E-state index contributed by atoms with van der Waals surface area (Å²) in [5.74, 6) is -0.121. The van der Waals surface area contributed by atoms with Gasteiger partial charge in [0.15, 0.2) is 0 Å². The Morgan fingerprint density at radius 2 is 2.04 bits per heavy atom. The molecule has 0 unspecified atom stereocenters. The zero-order valence-corrected chi connectivity index (χ0v) is 17.1. The van der Waals surface area contributed by atoms with E-state index in [1.165, 1.54) is 20.4 Å². The summed E-state index contributed by atoms with van der Waals surface area (Å²) in [5, 5.41) is 12.2. The molecule has 9 heteroatoms. The molecule has 6 nitrogen and oxygen atoms in total. The number of carbonyl (C=O) groups is 1. The van der Waals surface area contributed by atoms with Crippen LogP contribution in [0.2, 0.25) is 0 Å². The van der Waals surface area contributed by atoms with Crippen LogP contribution in [0.5, 0.6) is 0 Å². The highest BCUT2D eigenvalue weighted by Gasteiger charge is 2.31. The standard InChI is InChI=1S/C17H19N5OS3/c1-8-4-5-12(24-8)26-22-6-11(7-22)19-16(23)15-14(18)13-9(2)10(3)20-21-17(13)25-15/h4-5,11H,6-7,18H2,1-3H3,(H,19,23). The molecule has 0 aliphatic carbocycles. The molecule has 3 aromatic rings. The number of carbonyl (C=O) groups excluding carboxylic acids is 1. The van der Waals surface area contributed by atoms with E-state index in [9.17, 15) is 4.79 Å². The van der Waals surface area contributed by atoms with Crippen LogP contribution < -0.4 is 11.1 Å². The molecular weight excluding hydrogens is 386 g/mol. The average molecular weight is 406 g/mol. The quantitative estimate of drug-likeness (QED) is 0.648. The van der Waals surface area contributed by atoms with Crippen molar-refractivity contribution in [3.05, 3.63) is 33.1 Å². The summed E-state index contributed by atoms with van der Waals surface area (Å²) in [6, 6.07) is 4.41. The van der Waals surface area contributed by atoms with Crippen LogP contribution in [-0.4, -0.2) is 39.5 Å². The lowest BCUT2D eigenvalue weighted by Crippen LogP contribution is -2.56. The van der Waals surface area contributed by atoms with Gasteiger partial charge in [0, 0.05) is 23.4 Å². The van der Waals surface area contributed by atoms with Gasteiger partial charge in [-0.3, -0.25) is 4.79 Å². The molecule has 26 heavy (non-hydrogen) atoms. The summed E-state index contributed by atoms with van der Waals surface area (Å²) in [5.41, 5.74) is 8.58. The minimum Gasteiger partial charge on any atom is -0.397 e. The van der Waals surface area contributed by atoms with Crippen LogP contribution >= 0.6 is 34.6 Å². The smallest absolute Gasteiger partial charge is 0.263 e. The first kappa shape index (κ1) is 17.7. The summed E-state index contributed by atoms with van der Waals surface area (Å²) >= 11 is 4.85. The van der Waals surface area contributed by atoms with Crippen molar-refractivity contribution >= 4 is 56.4 Å². The van der Waals surface area contributed by atoms with Crippen LogP contribution in [-0.2, 0) is 0 Å². The highest BCUT2D eigenvalue weighted by atomic mass is 32.2. The van der Waals surface area contributed by atoms with Gasteiger partial charge < -0.3 is 11.1 Å². The van der Waals surface area contributed by atoms with Crippen LogP contribution in [0, 0.1) is 20.8 Å². The summed E-state index contributed by atoms with van der Waals surface area (Å²) in [6.45, 7) is 7.63. The molecule has 1 aliphatic rings. The minimum absolute atomic E-state index is 0.121. The number of anilines is 1. The molecule has 0 bridgehead atoms. The van der Waals surface area contributed by atoms with E-state index < -0.39 is 0 Å². The molecule has 0 saturated carbocycles. The summed E-state index contributed by atoms with van der Waals surface area (Å²) < 4.78 is 3.54. The molecular formula is C17H19N5OS3. The third-order valence-corrected chi connectivity index (χ3v) is 7.69. The van der Waals surface area contributed by atoms with E-state index in [4.69, 9.17) is 5.73 Å². The first-order chi connectivity index (χ1) is 12.4. The van der Waals surface area contributed by atoms with Crippen LogP contribution in [0.1, 0.15) is 25.8 Å². The Hall–Kier alpha value is -1.68. The highest BCUT2D eigenvalue weighted by molar-refractivity contribution is 7.99. The van der Waals surface area contributed by atoms with Crippen molar-refractivity contribution in [3.8, 4) is 0 Å². The molecule has 0 spiro atoms. The maximum Gasteiger partial charge on any atom is 0.263 e. The first-order valence-electron chi connectivity index (χ1n) is 8.24. The van der Waals surface area contributed by atoms with E-state index in [1.54, 1.807) is 23.3 Å². The van der Waals surface area contributed by atoms with Crippen LogP contribution in [0.15, 0.2) is 16.3 Å². The minimum atomic E-state index is -0.121. The van der Waals surface area contributed by atoms with Crippen molar-refractivity contribution in [1.29, 1.82) is 0 Å². The Labute approximate surface area is 163 Å². The van der Waals surface area contributed by atoms with E-state index in [1.807, 2.05) is 13.8 Å². The Morgan fingerprint density at radius 1 is 1.27 bits per heavy atom. The number of rotatable bonds is 4. The zero-order chi connectivity index (χ0) is 18.4. The van der Waals surface area contributed by atoms with E-state index in [2.05, 4.69) is 38.9 Å². The van der Waals surface area contributed by atoms with Gasteiger partial charge in [-0.1, -0.05) is 0 Å². The topological polar surface area (TPSA) is 84.1 Å². The van der Waals surface area contributed by atoms with Crippen molar-refractivity contribution < 1.29 is 4.79 Å². The molecule has 1 amide bonds. The lowest BCUT2D eigenvalue weighted by atomic mass is 10.1. The first-order valence-corrected chi connectivity index (χ1v) is 10.6. The Balaban J connectivity index is 1.41. The summed E-state index contributed by atoms with van der Waals surface area (Å²) in [6.07, 6.45) is 0. The number of thiophene rings is 2. The molecule has 0 radical (unpaired) electrons. The molecule has 0 atom stereocenters. The van der Waals surface area contributed by atoms with Crippen LogP contribution in [0.3, 0.4) is 0 Å². The van der Waals surface area contributed by atoms with Crippen molar-refractivity contribution in [2.45, 2.75) is 31.0 Å². The van der Waals surface area contributed by atoms with Crippen LogP contribution in [0.4, 0.5) is 5.69 Å². The number of nitrogens with two attached hydrogens (primary N) is 1. The van der Waals surface area contributed by atoms with Crippen LogP contribution in [0.25, 0.3) is 10.2 Å².